The fourth-order valence-corrected chi connectivity index (χ4v) is 2.06. The van der Waals surface area contributed by atoms with Crippen molar-refractivity contribution in [1.29, 1.82) is 0 Å². The van der Waals surface area contributed by atoms with Gasteiger partial charge in [-0.05, 0) is 42.8 Å². The van der Waals surface area contributed by atoms with Crippen LogP contribution in [0.4, 0.5) is 11.4 Å². The minimum Gasteiger partial charge on any atom is -0.397 e. The number of anilines is 2. The van der Waals surface area contributed by atoms with Gasteiger partial charge in [0.2, 0.25) is 0 Å². The molecule has 0 heterocycles. The lowest BCUT2D eigenvalue weighted by molar-refractivity contribution is 0.102. The normalized spacial score (nSPS) is 10.3. The summed E-state index contributed by atoms with van der Waals surface area (Å²) < 4.78 is 0. The van der Waals surface area contributed by atoms with Gasteiger partial charge >= 0.3 is 0 Å². The van der Waals surface area contributed by atoms with E-state index in [1.807, 2.05) is 13.0 Å². The van der Waals surface area contributed by atoms with Crippen LogP contribution in [0.3, 0.4) is 0 Å². The van der Waals surface area contributed by atoms with Crippen molar-refractivity contribution in [3.63, 3.8) is 0 Å². The second-order valence-corrected chi connectivity index (χ2v) is 4.99. The molecule has 0 aliphatic rings. The molecule has 0 saturated carbocycles. The van der Waals surface area contributed by atoms with Crippen molar-refractivity contribution in [2.45, 2.75) is 6.92 Å². The molecule has 5 heteroatoms. The van der Waals surface area contributed by atoms with Gasteiger partial charge in [0.1, 0.15) is 0 Å². The third kappa shape index (κ3) is 3.19. The molecule has 0 aliphatic heterocycles. The minimum atomic E-state index is -0.285. The van der Waals surface area contributed by atoms with Crippen molar-refractivity contribution in [1.82, 2.24) is 0 Å². The highest BCUT2D eigenvalue weighted by molar-refractivity contribution is 6.34. The number of nitrogens with one attached hydrogen (secondary N) is 1. The fraction of sp³-hybridized carbons (Fsp3) is 0.0714. The number of nitrogens with two attached hydrogens (primary N) is 1. The Balaban J connectivity index is 2.23. The van der Waals surface area contributed by atoms with Gasteiger partial charge < -0.3 is 11.1 Å². The van der Waals surface area contributed by atoms with Crippen LogP contribution in [0.15, 0.2) is 36.4 Å². The summed E-state index contributed by atoms with van der Waals surface area (Å²) in [5.74, 6) is -0.285. The zero-order valence-electron chi connectivity index (χ0n) is 10.2. The minimum absolute atomic E-state index is 0.285. The first-order valence-electron chi connectivity index (χ1n) is 5.60. The molecule has 0 saturated heterocycles. The van der Waals surface area contributed by atoms with Crippen LogP contribution in [0.1, 0.15) is 15.9 Å². The summed E-state index contributed by atoms with van der Waals surface area (Å²) in [6.07, 6.45) is 0. The molecule has 98 valence electrons. The number of aryl methyl sites for hydroxylation is 1. The zero-order chi connectivity index (χ0) is 14.0. The number of rotatable bonds is 2. The molecule has 3 nitrogen and oxygen atoms in total. The van der Waals surface area contributed by atoms with Crippen LogP contribution in [0.5, 0.6) is 0 Å². The van der Waals surface area contributed by atoms with Gasteiger partial charge in [0.25, 0.3) is 5.91 Å². The molecule has 19 heavy (non-hydrogen) atoms. The molecule has 2 aromatic rings. The molecule has 0 radical (unpaired) electrons. The monoisotopic (exact) mass is 294 g/mol. The number of nitrogen functional groups attached to an aromatic ring is 1. The van der Waals surface area contributed by atoms with Crippen molar-refractivity contribution in [3.05, 3.63) is 57.6 Å². The van der Waals surface area contributed by atoms with Gasteiger partial charge in [-0.15, -0.1) is 0 Å². The second kappa shape index (κ2) is 5.51. The first-order chi connectivity index (χ1) is 8.97. The summed E-state index contributed by atoms with van der Waals surface area (Å²) in [5.41, 5.74) is 8.07. The zero-order valence-corrected chi connectivity index (χ0v) is 11.7. The number of hydrogen-bond donors (Lipinski definition) is 2. The second-order valence-electron chi connectivity index (χ2n) is 4.17. The maximum absolute atomic E-state index is 12.1. The van der Waals surface area contributed by atoms with Crippen LogP contribution in [0.25, 0.3) is 0 Å². The molecule has 2 rings (SSSR count). The largest absolute Gasteiger partial charge is 0.397 e. The van der Waals surface area contributed by atoms with E-state index in [0.29, 0.717) is 27.0 Å². The lowest BCUT2D eigenvalue weighted by Gasteiger charge is -2.08. The quantitative estimate of drug-likeness (QED) is 0.818. The molecule has 3 N–H and O–H groups in total. The molecule has 0 fully saturated rings. The van der Waals surface area contributed by atoms with Gasteiger partial charge in [0, 0.05) is 5.69 Å². The van der Waals surface area contributed by atoms with E-state index in [1.165, 1.54) is 0 Å². The summed E-state index contributed by atoms with van der Waals surface area (Å²) in [6.45, 7) is 1.91. The Bertz CT molecular complexity index is 641. The molecular weight excluding hydrogens is 283 g/mol. The standard InChI is InChI=1S/C14H12Cl2N2O/c1-8-2-4-10(12(16)6-8)14(19)18-9-3-5-11(15)13(17)7-9/h2-7H,17H2,1H3,(H,18,19). The number of carbonyl (C=O) groups is 1. The van der Waals surface area contributed by atoms with Gasteiger partial charge in [-0.25, -0.2) is 0 Å². The highest BCUT2D eigenvalue weighted by atomic mass is 35.5. The summed E-state index contributed by atoms with van der Waals surface area (Å²) in [5, 5.41) is 3.59. The third-order valence-corrected chi connectivity index (χ3v) is 3.28. The molecule has 0 unspecified atom stereocenters. The van der Waals surface area contributed by atoms with E-state index in [1.54, 1.807) is 30.3 Å². The van der Waals surface area contributed by atoms with E-state index in [2.05, 4.69) is 5.32 Å². The van der Waals surface area contributed by atoms with Gasteiger partial charge in [-0.2, -0.15) is 0 Å². The number of hydrogen-bond acceptors (Lipinski definition) is 2. The average Bonchev–Trinajstić information content (AvgIpc) is 2.33. The average molecular weight is 295 g/mol. The number of benzene rings is 2. The van der Waals surface area contributed by atoms with Crippen molar-refractivity contribution in [3.8, 4) is 0 Å². The first kappa shape index (κ1) is 13.7. The van der Waals surface area contributed by atoms with E-state index in [-0.39, 0.29) is 5.91 Å². The van der Waals surface area contributed by atoms with E-state index < -0.39 is 0 Å². The topological polar surface area (TPSA) is 55.1 Å². The van der Waals surface area contributed by atoms with Crippen LogP contribution in [-0.4, -0.2) is 5.91 Å². The summed E-state index contributed by atoms with van der Waals surface area (Å²) in [6, 6.07) is 10.2. The third-order valence-electron chi connectivity index (χ3n) is 2.62. The Kier molecular flexibility index (Phi) is 3.98. The molecular formula is C14H12Cl2N2O. The molecule has 2 aromatic carbocycles. The fourth-order valence-electron chi connectivity index (χ4n) is 1.62. The molecule has 0 atom stereocenters. The van der Waals surface area contributed by atoms with Gasteiger partial charge in [-0.3, -0.25) is 4.79 Å². The van der Waals surface area contributed by atoms with E-state index in [9.17, 15) is 4.79 Å². The summed E-state index contributed by atoms with van der Waals surface area (Å²) in [7, 11) is 0. The number of amides is 1. The highest BCUT2D eigenvalue weighted by Gasteiger charge is 2.11. The maximum atomic E-state index is 12.1. The maximum Gasteiger partial charge on any atom is 0.257 e. The van der Waals surface area contributed by atoms with Crippen LogP contribution in [0.2, 0.25) is 10.0 Å². The van der Waals surface area contributed by atoms with Crippen molar-refractivity contribution in [2.75, 3.05) is 11.1 Å². The van der Waals surface area contributed by atoms with E-state index in [4.69, 9.17) is 28.9 Å². The van der Waals surface area contributed by atoms with Gasteiger partial charge in [-0.1, -0.05) is 29.3 Å². The van der Waals surface area contributed by atoms with Crippen molar-refractivity contribution in [2.24, 2.45) is 0 Å². The van der Waals surface area contributed by atoms with Crippen LogP contribution in [-0.2, 0) is 0 Å². The Labute approximate surface area is 121 Å². The molecule has 0 aliphatic carbocycles. The lowest BCUT2D eigenvalue weighted by atomic mass is 10.1. The SMILES string of the molecule is Cc1ccc(C(=O)Nc2ccc(Cl)c(N)c2)c(Cl)c1. The molecule has 0 aromatic heterocycles. The summed E-state index contributed by atoms with van der Waals surface area (Å²) >= 11 is 11.9. The lowest BCUT2D eigenvalue weighted by Crippen LogP contribution is -2.12. The van der Waals surface area contributed by atoms with Crippen LogP contribution < -0.4 is 11.1 Å². The van der Waals surface area contributed by atoms with E-state index >= 15 is 0 Å². The van der Waals surface area contributed by atoms with Crippen LogP contribution in [0, 0.1) is 6.92 Å². The Morgan fingerprint density at radius 2 is 1.84 bits per heavy atom. The Hall–Kier alpha value is -1.71. The number of carbonyl (C=O) groups excluding carboxylic acids is 1. The predicted molar refractivity (Wildman–Crippen MR) is 80.0 cm³/mol. The molecule has 0 spiro atoms. The first-order valence-corrected chi connectivity index (χ1v) is 6.35. The highest BCUT2D eigenvalue weighted by Crippen LogP contribution is 2.24. The van der Waals surface area contributed by atoms with Crippen molar-refractivity contribution >= 4 is 40.5 Å². The van der Waals surface area contributed by atoms with Crippen LogP contribution >= 0.6 is 23.2 Å². The molecule has 1 amide bonds. The number of halogens is 2. The van der Waals surface area contributed by atoms with Gasteiger partial charge in [0.05, 0.1) is 21.3 Å². The van der Waals surface area contributed by atoms with Gasteiger partial charge in [0.15, 0.2) is 0 Å². The predicted octanol–water partition coefficient (Wildman–Crippen LogP) is 4.14. The Morgan fingerprint density at radius 1 is 1.11 bits per heavy atom. The molecule has 0 bridgehead atoms. The smallest absolute Gasteiger partial charge is 0.257 e. The summed E-state index contributed by atoms with van der Waals surface area (Å²) in [4.78, 5) is 12.1. The Morgan fingerprint density at radius 3 is 2.47 bits per heavy atom. The van der Waals surface area contributed by atoms with Crippen molar-refractivity contribution < 1.29 is 4.79 Å². The van der Waals surface area contributed by atoms with E-state index in [0.717, 1.165) is 5.56 Å².